The van der Waals surface area contributed by atoms with Gasteiger partial charge in [0.1, 0.15) is 5.60 Å². The van der Waals surface area contributed by atoms with Crippen molar-refractivity contribution in [2.75, 3.05) is 13.1 Å². The van der Waals surface area contributed by atoms with Crippen molar-refractivity contribution in [1.82, 2.24) is 10.2 Å². The third-order valence-corrected chi connectivity index (χ3v) is 12.2. The van der Waals surface area contributed by atoms with Crippen molar-refractivity contribution in [2.45, 2.75) is 257 Å². The number of carbonyl (C=O) groups is 1. The number of hydrogen-bond acceptors (Lipinski definition) is 6. The minimum absolute atomic E-state index is 0.0928. The van der Waals surface area contributed by atoms with Crippen LogP contribution in [-0.2, 0) is 19.4 Å². The minimum atomic E-state index is -4.78. The Morgan fingerprint density at radius 1 is 0.679 bits per heavy atom. The molecule has 0 fully saturated rings. The quantitative estimate of drug-likeness (QED) is 0.0476. The van der Waals surface area contributed by atoms with E-state index >= 15 is 0 Å². The second-order valence-corrected chi connectivity index (χ2v) is 17.3. The van der Waals surface area contributed by atoms with Crippen LogP contribution in [0.2, 0.25) is 0 Å². The molecule has 0 radical (unpaired) electrons. The molecule has 3 unspecified atom stereocenters. The summed E-state index contributed by atoms with van der Waals surface area (Å²) in [6, 6.07) is -0.961. The summed E-state index contributed by atoms with van der Waals surface area (Å²) in [6.45, 7) is 9.56. The van der Waals surface area contributed by atoms with Crippen molar-refractivity contribution in [3.63, 3.8) is 0 Å². The predicted octanol–water partition coefficient (Wildman–Crippen LogP) is 12.7. The highest BCUT2D eigenvalue weighted by molar-refractivity contribution is 7.80. The molecule has 0 aromatic rings. The van der Waals surface area contributed by atoms with E-state index in [4.69, 9.17) is 4.18 Å². The first-order chi connectivity index (χ1) is 25.7. The molecule has 9 heteroatoms. The Balaban J connectivity index is 2.46. The zero-order chi connectivity index (χ0) is 38.9. The predicted molar refractivity (Wildman–Crippen MR) is 226 cm³/mol. The Bertz CT molecular complexity index is 994. The lowest BCUT2D eigenvalue weighted by Crippen LogP contribution is -2.64. The van der Waals surface area contributed by atoms with E-state index < -0.39 is 22.0 Å². The van der Waals surface area contributed by atoms with Gasteiger partial charge in [0.25, 0.3) is 0 Å². The van der Waals surface area contributed by atoms with Crippen LogP contribution in [0.25, 0.3) is 0 Å². The second kappa shape index (κ2) is 33.0. The molecule has 1 aliphatic rings. The van der Waals surface area contributed by atoms with Crippen molar-refractivity contribution in [3.05, 3.63) is 0 Å². The molecule has 0 aromatic heterocycles. The van der Waals surface area contributed by atoms with E-state index in [1.165, 1.54) is 154 Å². The average Bonchev–Trinajstić information content (AvgIpc) is 3.66. The van der Waals surface area contributed by atoms with Gasteiger partial charge >= 0.3 is 10.4 Å². The molecule has 1 amide bonds. The third kappa shape index (κ3) is 25.6. The lowest BCUT2D eigenvalue weighted by Gasteiger charge is -2.46. The number of amides is 1. The van der Waals surface area contributed by atoms with Gasteiger partial charge in [0, 0.05) is 13.0 Å². The topological polar surface area (TPSA) is 108 Å². The van der Waals surface area contributed by atoms with Crippen LogP contribution in [-0.4, -0.2) is 60.9 Å². The van der Waals surface area contributed by atoms with Crippen LogP contribution in [0.15, 0.2) is 4.99 Å². The van der Waals surface area contributed by atoms with Crippen molar-refractivity contribution in [2.24, 2.45) is 4.99 Å². The average molecular weight is 770 g/mol. The monoisotopic (exact) mass is 770 g/mol. The molecule has 2 N–H and O–H groups in total. The van der Waals surface area contributed by atoms with Crippen LogP contribution in [0.3, 0.4) is 0 Å². The minimum Gasteiger partial charge on any atom is -0.355 e. The molecular formula is C44H87N3O5S. The Labute approximate surface area is 329 Å². The first-order valence-electron chi connectivity index (χ1n) is 22.9. The third-order valence-electron chi connectivity index (χ3n) is 11.7. The molecule has 0 saturated carbocycles. The molecule has 1 rings (SSSR count). The molecule has 0 bridgehead atoms. The maximum absolute atomic E-state index is 13.1. The fraction of sp³-hybridized carbons (Fsp3) is 0.955. The van der Waals surface area contributed by atoms with Crippen molar-refractivity contribution in [1.29, 1.82) is 0 Å². The zero-order valence-electron chi connectivity index (χ0n) is 35.4. The summed E-state index contributed by atoms with van der Waals surface area (Å²) in [5.74, 6) is -0.0928. The van der Waals surface area contributed by atoms with Gasteiger partial charge in [-0.25, -0.2) is 4.18 Å². The standard InChI is InChI=1S/C44H87N3O5S/c1-5-8-10-12-14-16-18-20-22-24-26-28-30-32-34-36-42(47-39-38-45-40-47)44(7-3,52-53(49,50)51)41(4)46-43(48)37-35-33-31-29-27-25-23-21-19-17-15-13-11-9-6-2/h40-42H,5-39H2,1-4H3,(H,46,48)(H,49,50,51). The van der Waals surface area contributed by atoms with Gasteiger partial charge in [0.05, 0.1) is 25.0 Å². The van der Waals surface area contributed by atoms with E-state index in [1.807, 2.05) is 13.8 Å². The van der Waals surface area contributed by atoms with E-state index in [2.05, 4.69) is 29.1 Å². The van der Waals surface area contributed by atoms with E-state index in [-0.39, 0.29) is 11.9 Å². The molecule has 0 spiro atoms. The molecular weight excluding hydrogens is 683 g/mol. The zero-order valence-corrected chi connectivity index (χ0v) is 36.2. The van der Waals surface area contributed by atoms with Crippen LogP contribution in [0, 0.1) is 0 Å². The summed E-state index contributed by atoms with van der Waals surface area (Å²) in [4.78, 5) is 19.6. The van der Waals surface area contributed by atoms with Crippen LogP contribution >= 0.6 is 0 Å². The summed E-state index contributed by atoms with van der Waals surface area (Å²) in [6.07, 6.45) is 41.6. The molecule has 1 heterocycles. The van der Waals surface area contributed by atoms with Crippen molar-refractivity contribution < 1.29 is 21.9 Å². The van der Waals surface area contributed by atoms with Gasteiger partial charge in [-0.05, 0) is 26.2 Å². The maximum Gasteiger partial charge on any atom is 0.398 e. The fourth-order valence-corrected chi connectivity index (χ4v) is 9.10. The van der Waals surface area contributed by atoms with Crippen LogP contribution in [0.1, 0.15) is 240 Å². The Kier molecular flexibility index (Phi) is 31.0. The summed E-state index contributed by atoms with van der Waals surface area (Å²) in [5, 5.41) is 3.09. The molecule has 53 heavy (non-hydrogen) atoms. The lowest BCUT2D eigenvalue weighted by atomic mass is 9.80. The smallest absolute Gasteiger partial charge is 0.355 e. The first kappa shape index (κ1) is 49.8. The summed E-state index contributed by atoms with van der Waals surface area (Å²) >= 11 is 0. The molecule has 3 atom stereocenters. The number of nitrogens with zero attached hydrogens (tertiary/aromatic N) is 2. The Hall–Kier alpha value is -1.19. The normalized spacial score (nSPS) is 15.5. The highest BCUT2D eigenvalue weighted by Crippen LogP contribution is 2.34. The van der Waals surface area contributed by atoms with E-state index in [1.54, 1.807) is 6.34 Å². The fourth-order valence-electron chi connectivity index (χ4n) is 8.34. The van der Waals surface area contributed by atoms with Crippen LogP contribution < -0.4 is 5.32 Å². The SMILES string of the molecule is CCCCCCCCCCCCCCCCCC(=O)NC(C)C(CC)(OS(=O)(=O)O)C(CCCCCCCCCCCCCCCCC)N1C=NCC1. The van der Waals surface area contributed by atoms with Crippen molar-refractivity contribution in [3.8, 4) is 0 Å². The number of rotatable bonds is 39. The highest BCUT2D eigenvalue weighted by atomic mass is 32.3. The number of unbranched alkanes of at least 4 members (excludes halogenated alkanes) is 28. The number of carbonyl (C=O) groups excluding carboxylic acids is 1. The van der Waals surface area contributed by atoms with Gasteiger partial charge in [0.15, 0.2) is 0 Å². The summed E-state index contributed by atoms with van der Waals surface area (Å²) in [7, 11) is -4.78. The highest BCUT2D eigenvalue weighted by Gasteiger charge is 2.49. The first-order valence-corrected chi connectivity index (χ1v) is 24.3. The van der Waals surface area contributed by atoms with Crippen molar-refractivity contribution >= 4 is 22.6 Å². The van der Waals surface area contributed by atoms with Gasteiger partial charge in [-0.2, -0.15) is 8.42 Å². The molecule has 1 aliphatic heterocycles. The van der Waals surface area contributed by atoms with Gasteiger partial charge < -0.3 is 10.2 Å². The second-order valence-electron chi connectivity index (χ2n) is 16.3. The molecule has 8 nitrogen and oxygen atoms in total. The number of hydrogen-bond donors (Lipinski definition) is 2. The maximum atomic E-state index is 13.1. The van der Waals surface area contributed by atoms with Crippen LogP contribution in [0.4, 0.5) is 0 Å². The van der Waals surface area contributed by atoms with E-state index in [0.29, 0.717) is 32.4 Å². The number of aliphatic imine (C=N–C) groups is 1. The van der Waals surface area contributed by atoms with E-state index in [0.717, 1.165) is 38.5 Å². The molecule has 0 aromatic carbocycles. The lowest BCUT2D eigenvalue weighted by molar-refractivity contribution is -0.125. The molecule has 314 valence electrons. The van der Waals surface area contributed by atoms with Gasteiger partial charge in [-0.3, -0.25) is 14.3 Å². The van der Waals surface area contributed by atoms with Gasteiger partial charge in [-0.15, -0.1) is 0 Å². The Morgan fingerprint density at radius 3 is 1.40 bits per heavy atom. The summed E-state index contributed by atoms with van der Waals surface area (Å²) in [5.41, 5.74) is -1.31. The largest absolute Gasteiger partial charge is 0.398 e. The van der Waals surface area contributed by atoms with Gasteiger partial charge in [-0.1, -0.05) is 207 Å². The van der Waals surface area contributed by atoms with E-state index in [9.17, 15) is 17.8 Å². The molecule has 0 saturated heterocycles. The van der Waals surface area contributed by atoms with Crippen LogP contribution in [0.5, 0.6) is 0 Å². The van der Waals surface area contributed by atoms with Gasteiger partial charge in [0.2, 0.25) is 5.91 Å². The number of nitrogens with one attached hydrogen (secondary N) is 1. The summed E-state index contributed by atoms with van der Waals surface area (Å²) < 4.78 is 40.3. The Morgan fingerprint density at radius 2 is 1.06 bits per heavy atom. The molecule has 0 aliphatic carbocycles.